The molecule has 7 aromatic carbocycles. The van der Waals surface area contributed by atoms with Gasteiger partial charge in [-0.15, -0.1) is 0 Å². The number of pyridine rings is 1. The Morgan fingerprint density at radius 3 is 1.89 bits per heavy atom. The molecule has 0 N–H and O–H groups in total. The molecule has 9 aromatic rings. The molecule has 1 aliphatic rings. The highest BCUT2D eigenvalue weighted by atomic mass is 15.4. The van der Waals surface area contributed by atoms with E-state index in [2.05, 4.69) is 222 Å². The van der Waals surface area contributed by atoms with E-state index in [0.29, 0.717) is 6.04 Å². The molecule has 57 heavy (non-hydrogen) atoms. The second-order valence-corrected chi connectivity index (χ2v) is 15.2. The summed E-state index contributed by atoms with van der Waals surface area (Å²) in [6.45, 7) is 7.45. The van der Waals surface area contributed by atoms with Crippen LogP contribution in [0.3, 0.4) is 0 Å². The van der Waals surface area contributed by atoms with E-state index in [4.69, 9.17) is 4.98 Å². The number of para-hydroxylation sites is 4. The van der Waals surface area contributed by atoms with Crippen LogP contribution in [0, 0.1) is 6.92 Å². The van der Waals surface area contributed by atoms with Crippen LogP contribution < -0.4 is 14.7 Å². The molecule has 5 nitrogen and oxygen atoms in total. The summed E-state index contributed by atoms with van der Waals surface area (Å²) in [5, 5.41) is 2.39. The minimum atomic E-state index is 0.364. The van der Waals surface area contributed by atoms with Gasteiger partial charge in [-0.1, -0.05) is 121 Å². The second-order valence-electron chi connectivity index (χ2n) is 15.2. The van der Waals surface area contributed by atoms with Gasteiger partial charge in [0, 0.05) is 51.2 Å². The molecule has 5 heteroatoms. The summed E-state index contributed by atoms with van der Waals surface area (Å²) < 4.78 is 2.32. The average molecular weight is 738 g/mol. The Kier molecular flexibility index (Phi) is 8.56. The van der Waals surface area contributed by atoms with E-state index < -0.39 is 0 Å². The molecule has 0 radical (unpaired) electrons. The van der Waals surface area contributed by atoms with Crippen LogP contribution in [0.4, 0.5) is 34.1 Å². The van der Waals surface area contributed by atoms with Gasteiger partial charge in [-0.05, 0) is 98.1 Å². The molecule has 276 valence electrons. The molecule has 0 atom stereocenters. The predicted molar refractivity (Wildman–Crippen MR) is 240 cm³/mol. The zero-order chi connectivity index (χ0) is 38.5. The molecule has 0 fully saturated rings. The van der Waals surface area contributed by atoms with Crippen LogP contribution in [-0.2, 0) is 0 Å². The van der Waals surface area contributed by atoms with Crippen molar-refractivity contribution >= 4 is 55.9 Å². The van der Waals surface area contributed by atoms with Gasteiger partial charge in [0.2, 0.25) is 0 Å². The van der Waals surface area contributed by atoms with Gasteiger partial charge >= 0.3 is 0 Å². The Balaban J connectivity index is 1.26. The monoisotopic (exact) mass is 737 g/mol. The molecule has 0 spiro atoms. The van der Waals surface area contributed by atoms with Crippen molar-refractivity contribution in [3.63, 3.8) is 0 Å². The summed E-state index contributed by atoms with van der Waals surface area (Å²) in [5.41, 5.74) is 14.9. The smallest absolute Gasteiger partial charge is 0.137 e. The van der Waals surface area contributed by atoms with Gasteiger partial charge in [0.15, 0.2) is 0 Å². The highest BCUT2D eigenvalue weighted by Crippen LogP contribution is 2.49. The first kappa shape index (κ1) is 34.4. The van der Waals surface area contributed by atoms with Crippen molar-refractivity contribution in [2.45, 2.75) is 26.8 Å². The highest BCUT2D eigenvalue weighted by Gasteiger charge is 2.29. The lowest BCUT2D eigenvalue weighted by molar-refractivity contribution is 0.709. The molecule has 0 amide bonds. The molecule has 2 aromatic heterocycles. The minimum absolute atomic E-state index is 0.364. The van der Waals surface area contributed by atoms with Crippen molar-refractivity contribution < 1.29 is 0 Å². The summed E-state index contributed by atoms with van der Waals surface area (Å²) in [6, 6.07) is 66.3. The van der Waals surface area contributed by atoms with Gasteiger partial charge in [-0.2, -0.15) is 0 Å². The van der Waals surface area contributed by atoms with Gasteiger partial charge < -0.3 is 14.7 Å². The zero-order valence-electron chi connectivity index (χ0n) is 32.4. The third-order valence-electron chi connectivity index (χ3n) is 11.3. The molecule has 0 unspecified atom stereocenters. The number of benzene rings is 7. The molecule has 0 bridgehead atoms. The third kappa shape index (κ3) is 6.00. The fraction of sp³-hybridized carbons (Fsp3) is 0.0962. The van der Waals surface area contributed by atoms with Crippen molar-refractivity contribution in [2.24, 2.45) is 0 Å². The molecular weight excluding hydrogens is 695 g/mol. The number of nitrogens with zero attached hydrogens (tertiary/aromatic N) is 5. The van der Waals surface area contributed by atoms with Crippen molar-refractivity contribution in [2.75, 3.05) is 21.4 Å². The Bertz CT molecular complexity index is 2840. The van der Waals surface area contributed by atoms with Crippen molar-refractivity contribution in [3.8, 4) is 28.1 Å². The maximum absolute atomic E-state index is 4.91. The van der Waals surface area contributed by atoms with Crippen LogP contribution in [0.15, 0.2) is 188 Å². The van der Waals surface area contributed by atoms with Gasteiger partial charge in [-0.3, -0.25) is 4.57 Å². The van der Waals surface area contributed by atoms with E-state index in [0.717, 1.165) is 68.5 Å². The molecule has 1 aliphatic heterocycles. The van der Waals surface area contributed by atoms with E-state index >= 15 is 0 Å². The van der Waals surface area contributed by atoms with Crippen molar-refractivity contribution in [1.82, 2.24) is 9.55 Å². The molecule has 10 rings (SSSR count). The number of aromatic nitrogens is 2. The lowest BCUT2D eigenvalue weighted by Gasteiger charge is -2.32. The summed E-state index contributed by atoms with van der Waals surface area (Å²) >= 11 is 0. The highest BCUT2D eigenvalue weighted by molar-refractivity contribution is 6.11. The van der Waals surface area contributed by atoms with Crippen LogP contribution >= 0.6 is 0 Å². The van der Waals surface area contributed by atoms with Crippen molar-refractivity contribution in [1.29, 1.82) is 0 Å². The van der Waals surface area contributed by atoms with Crippen LogP contribution in [0.2, 0.25) is 0 Å². The predicted octanol–water partition coefficient (Wildman–Crippen LogP) is 13.6. The Hall–Kier alpha value is -7.11. The zero-order valence-corrected chi connectivity index (χ0v) is 32.4. The first-order valence-electron chi connectivity index (χ1n) is 19.8. The lowest BCUT2D eigenvalue weighted by atomic mass is 9.94. The minimum Gasteiger partial charge on any atom is -0.349 e. The van der Waals surface area contributed by atoms with Crippen LogP contribution in [0.1, 0.15) is 19.4 Å². The number of hydrogen-bond acceptors (Lipinski definition) is 4. The summed E-state index contributed by atoms with van der Waals surface area (Å²) in [7, 11) is 0. The maximum atomic E-state index is 4.91. The normalized spacial score (nSPS) is 12.5. The molecule has 0 saturated heterocycles. The molecule has 3 heterocycles. The van der Waals surface area contributed by atoms with Crippen molar-refractivity contribution in [3.05, 3.63) is 194 Å². The Morgan fingerprint density at radius 1 is 0.544 bits per heavy atom. The van der Waals surface area contributed by atoms with Crippen LogP contribution in [0.25, 0.3) is 49.9 Å². The van der Waals surface area contributed by atoms with E-state index in [1.165, 1.54) is 27.7 Å². The van der Waals surface area contributed by atoms with E-state index in [1.807, 2.05) is 6.20 Å². The topological polar surface area (TPSA) is 27.5 Å². The van der Waals surface area contributed by atoms with Gasteiger partial charge in [-0.25, -0.2) is 4.98 Å². The van der Waals surface area contributed by atoms with Crippen LogP contribution in [0.5, 0.6) is 0 Å². The van der Waals surface area contributed by atoms with E-state index in [-0.39, 0.29) is 0 Å². The largest absolute Gasteiger partial charge is 0.349 e. The summed E-state index contributed by atoms with van der Waals surface area (Å²) in [5.74, 6) is 0.906. The first-order valence-corrected chi connectivity index (χ1v) is 19.8. The first-order chi connectivity index (χ1) is 28.0. The summed E-state index contributed by atoms with van der Waals surface area (Å²) in [6.07, 6.45) is 1.91. The van der Waals surface area contributed by atoms with E-state index in [9.17, 15) is 0 Å². The standard InChI is InChI=1S/C52H43N5/c1-36(2)54-35-55(49-27-13-12-26-48(49)54)40-20-14-21-41(33-40)56(52-43(38-16-6-4-7-17-38)23-15-24-44(52)39-18-8-5-9-19-39)42-28-29-46-45-22-10-11-25-47(45)57(50(46)34-42)51-32-37(3)30-31-53-51/h4-34,36H,35H2,1-3H3. The third-order valence-corrected chi connectivity index (χ3v) is 11.3. The number of rotatable bonds is 8. The fourth-order valence-electron chi connectivity index (χ4n) is 8.58. The maximum Gasteiger partial charge on any atom is 0.137 e. The number of anilines is 6. The summed E-state index contributed by atoms with van der Waals surface area (Å²) in [4.78, 5) is 12.3. The SMILES string of the molecule is Cc1ccnc(-n2c3ccccc3c3ccc(N(c4cccc(N5CN(C(C)C)c6ccccc65)c4)c4c(-c5ccccc5)cccc4-c4ccccc4)cc32)c1. The quantitative estimate of drug-likeness (QED) is 0.155. The average Bonchev–Trinajstić information content (AvgIpc) is 3.81. The van der Waals surface area contributed by atoms with Gasteiger partial charge in [0.1, 0.15) is 5.82 Å². The number of hydrogen-bond donors (Lipinski definition) is 0. The van der Waals surface area contributed by atoms with E-state index in [1.54, 1.807) is 0 Å². The Morgan fingerprint density at radius 2 is 1.18 bits per heavy atom. The van der Waals surface area contributed by atoms with Crippen LogP contribution in [-0.4, -0.2) is 22.3 Å². The Labute approximate surface area is 334 Å². The molecule has 0 saturated carbocycles. The molecular formula is C52H43N5. The second kappa shape index (κ2) is 14.2. The fourth-order valence-corrected chi connectivity index (χ4v) is 8.58. The lowest BCUT2D eigenvalue weighted by Crippen LogP contribution is -2.33. The number of fused-ring (bicyclic) bond motifs is 4. The van der Waals surface area contributed by atoms with Gasteiger partial charge in [0.05, 0.1) is 34.8 Å². The molecule has 0 aliphatic carbocycles. The number of aryl methyl sites for hydroxylation is 1. The van der Waals surface area contributed by atoms with Gasteiger partial charge in [0.25, 0.3) is 0 Å².